The highest BCUT2D eigenvalue weighted by Crippen LogP contribution is 2.39. The number of aromatic nitrogens is 3. The van der Waals surface area contributed by atoms with Crippen molar-refractivity contribution in [3.8, 4) is 34.3 Å². The maximum absolute atomic E-state index is 12.6. The third-order valence-electron chi connectivity index (χ3n) is 6.40. The molecule has 0 saturated carbocycles. The van der Waals surface area contributed by atoms with Gasteiger partial charge in [-0.25, -0.2) is 9.97 Å². The zero-order valence-corrected chi connectivity index (χ0v) is 16.4. The number of carbonyl (C=O) groups is 1. The lowest BCUT2D eigenvalue weighted by Crippen LogP contribution is -2.88. The van der Waals surface area contributed by atoms with E-state index < -0.39 is 0 Å². The zero-order valence-electron chi connectivity index (χ0n) is 16.4. The van der Waals surface area contributed by atoms with Crippen molar-refractivity contribution in [1.82, 2.24) is 20.3 Å². The van der Waals surface area contributed by atoms with Crippen LogP contribution in [-0.4, -0.2) is 47.3 Å². The number of H-pyrrole nitrogens is 1. The second-order valence-electron chi connectivity index (χ2n) is 8.13. The minimum atomic E-state index is -0.0160. The van der Waals surface area contributed by atoms with E-state index in [1.807, 2.05) is 30.3 Å². The largest absolute Gasteiger partial charge is 0.454 e. The fraction of sp³-hybridized carbons (Fsp3) is 0.318. The second-order valence-corrected chi connectivity index (χ2v) is 8.13. The van der Waals surface area contributed by atoms with E-state index in [-0.39, 0.29) is 18.1 Å². The van der Waals surface area contributed by atoms with Crippen LogP contribution < -0.4 is 20.1 Å². The Balaban J connectivity index is 1.40. The highest BCUT2D eigenvalue weighted by Gasteiger charge is 2.43. The number of carbonyl (C=O) groups excluding carboxylic acids is 1. The number of hydrogen-bond donors (Lipinski definition) is 3. The first-order valence-corrected chi connectivity index (χ1v) is 10.3. The van der Waals surface area contributed by atoms with Gasteiger partial charge < -0.3 is 25.1 Å². The maximum atomic E-state index is 12.6. The number of piperidine rings is 1. The van der Waals surface area contributed by atoms with Crippen LogP contribution in [0.15, 0.2) is 36.5 Å². The standard InChI is InChI=1S/C22H21N5O3/c28-21-14-10-16(26-19(14)22(11-25-21)4-7-23-8-5-22)15-3-6-24-20(27-15)13-1-2-17-18(9-13)30-12-29-17/h1-3,6,9-10,23,26H,4-5,7-8,11-12H2,(H,25,28)/p+1. The van der Waals surface area contributed by atoms with Crippen molar-refractivity contribution in [2.24, 2.45) is 0 Å². The van der Waals surface area contributed by atoms with Gasteiger partial charge in [0, 0.05) is 42.3 Å². The summed E-state index contributed by atoms with van der Waals surface area (Å²) in [5.74, 6) is 2.01. The van der Waals surface area contributed by atoms with Crippen LogP contribution >= 0.6 is 0 Å². The fourth-order valence-electron chi connectivity index (χ4n) is 4.76. The summed E-state index contributed by atoms with van der Waals surface area (Å²) in [5, 5.41) is 5.43. The van der Waals surface area contributed by atoms with E-state index in [2.05, 4.69) is 20.6 Å². The summed E-state index contributed by atoms with van der Waals surface area (Å²) < 4.78 is 10.9. The minimum Gasteiger partial charge on any atom is -0.454 e. The molecule has 1 fully saturated rings. The SMILES string of the molecule is O=C1NCC2(CC[NH2+]CC2)c2[nH]c(-c3ccnc(-c4ccc5c(c4)OCO5)n3)cc21. The number of nitrogens with one attached hydrogen (secondary N) is 2. The average Bonchev–Trinajstić information content (AvgIpc) is 3.45. The summed E-state index contributed by atoms with van der Waals surface area (Å²) in [6, 6.07) is 9.48. The minimum absolute atomic E-state index is 0.0105. The smallest absolute Gasteiger partial charge is 0.253 e. The molecule has 0 atom stereocenters. The van der Waals surface area contributed by atoms with Crippen LogP contribution in [0.2, 0.25) is 0 Å². The van der Waals surface area contributed by atoms with Crippen LogP contribution in [0.25, 0.3) is 22.8 Å². The van der Waals surface area contributed by atoms with E-state index in [1.165, 1.54) is 0 Å². The molecule has 1 saturated heterocycles. The maximum Gasteiger partial charge on any atom is 0.253 e. The summed E-state index contributed by atoms with van der Waals surface area (Å²) in [6.45, 7) is 3.07. The van der Waals surface area contributed by atoms with Gasteiger partial charge in [-0.15, -0.1) is 0 Å². The molecule has 5 heterocycles. The van der Waals surface area contributed by atoms with Crippen molar-refractivity contribution in [3.63, 3.8) is 0 Å². The van der Waals surface area contributed by atoms with E-state index in [1.54, 1.807) is 6.20 Å². The van der Waals surface area contributed by atoms with Gasteiger partial charge in [0.2, 0.25) is 6.79 Å². The Kier molecular flexibility index (Phi) is 3.82. The van der Waals surface area contributed by atoms with E-state index >= 15 is 0 Å². The molecule has 3 aliphatic rings. The van der Waals surface area contributed by atoms with Crippen molar-refractivity contribution in [1.29, 1.82) is 0 Å². The third-order valence-corrected chi connectivity index (χ3v) is 6.40. The normalized spacial score (nSPS) is 18.9. The molecule has 6 rings (SSSR count). The Morgan fingerprint density at radius 2 is 1.93 bits per heavy atom. The van der Waals surface area contributed by atoms with Gasteiger partial charge >= 0.3 is 0 Å². The molecule has 30 heavy (non-hydrogen) atoms. The summed E-state index contributed by atoms with van der Waals surface area (Å²) in [4.78, 5) is 25.3. The molecular weight excluding hydrogens is 382 g/mol. The van der Waals surface area contributed by atoms with Crippen molar-refractivity contribution in [2.45, 2.75) is 18.3 Å². The number of nitrogens with zero attached hydrogens (tertiary/aromatic N) is 2. The lowest BCUT2D eigenvalue weighted by molar-refractivity contribution is -0.665. The van der Waals surface area contributed by atoms with Gasteiger partial charge in [-0.1, -0.05) is 0 Å². The highest BCUT2D eigenvalue weighted by molar-refractivity contribution is 5.98. The van der Waals surface area contributed by atoms with Gasteiger partial charge in [0.25, 0.3) is 5.91 Å². The van der Waals surface area contributed by atoms with Crippen LogP contribution in [0.5, 0.6) is 11.5 Å². The van der Waals surface area contributed by atoms with Gasteiger partial charge in [0.05, 0.1) is 30.0 Å². The molecule has 0 aliphatic carbocycles. The topological polar surface area (TPSA) is 106 Å². The average molecular weight is 404 g/mol. The monoisotopic (exact) mass is 404 g/mol. The number of hydrogen-bond acceptors (Lipinski definition) is 5. The zero-order chi connectivity index (χ0) is 20.1. The van der Waals surface area contributed by atoms with Gasteiger partial charge in [0.15, 0.2) is 17.3 Å². The van der Waals surface area contributed by atoms with Gasteiger partial charge in [-0.05, 0) is 30.3 Å². The van der Waals surface area contributed by atoms with Gasteiger partial charge in [0.1, 0.15) is 0 Å². The Morgan fingerprint density at radius 1 is 1.07 bits per heavy atom. The molecule has 8 heteroatoms. The van der Waals surface area contributed by atoms with Crippen LogP contribution in [0.4, 0.5) is 0 Å². The van der Waals surface area contributed by atoms with Crippen LogP contribution in [-0.2, 0) is 5.41 Å². The molecular formula is C22H22N5O3+. The quantitative estimate of drug-likeness (QED) is 0.595. The highest BCUT2D eigenvalue weighted by atomic mass is 16.7. The van der Waals surface area contributed by atoms with E-state index in [0.717, 1.165) is 59.9 Å². The number of amides is 1. The molecule has 0 bridgehead atoms. The molecule has 3 aliphatic heterocycles. The first-order chi connectivity index (χ1) is 14.7. The first kappa shape index (κ1) is 17.5. The van der Waals surface area contributed by atoms with Crippen LogP contribution in [0.3, 0.4) is 0 Å². The second kappa shape index (κ2) is 6.56. The molecule has 3 aromatic rings. The van der Waals surface area contributed by atoms with Crippen LogP contribution in [0, 0.1) is 0 Å². The summed E-state index contributed by atoms with van der Waals surface area (Å²) in [5.41, 5.74) is 4.24. The summed E-state index contributed by atoms with van der Waals surface area (Å²) in [6.07, 6.45) is 3.84. The summed E-state index contributed by atoms with van der Waals surface area (Å²) >= 11 is 0. The van der Waals surface area contributed by atoms with Gasteiger partial charge in [-0.2, -0.15) is 0 Å². The Bertz CT molecular complexity index is 1150. The Morgan fingerprint density at radius 3 is 2.83 bits per heavy atom. The fourth-order valence-corrected chi connectivity index (χ4v) is 4.76. The van der Waals surface area contributed by atoms with Gasteiger partial charge in [-0.3, -0.25) is 4.79 Å². The lowest BCUT2D eigenvalue weighted by Gasteiger charge is -2.38. The number of benzene rings is 1. The van der Waals surface area contributed by atoms with Crippen molar-refractivity contribution < 1.29 is 19.6 Å². The predicted molar refractivity (Wildman–Crippen MR) is 108 cm³/mol. The number of nitrogens with two attached hydrogens (primary N) is 1. The van der Waals surface area contributed by atoms with E-state index in [9.17, 15) is 4.79 Å². The molecule has 0 unspecified atom stereocenters. The predicted octanol–water partition coefficient (Wildman–Crippen LogP) is 1.21. The molecule has 1 spiro atoms. The molecule has 8 nitrogen and oxygen atoms in total. The third kappa shape index (κ3) is 2.68. The summed E-state index contributed by atoms with van der Waals surface area (Å²) in [7, 11) is 0. The number of ether oxygens (including phenoxy) is 2. The lowest BCUT2D eigenvalue weighted by atomic mass is 9.73. The molecule has 1 amide bonds. The number of fused-ring (bicyclic) bond motifs is 3. The molecule has 2 aromatic heterocycles. The van der Waals surface area contributed by atoms with Crippen molar-refractivity contribution in [3.05, 3.63) is 47.8 Å². The Labute approximate surface area is 173 Å². The molecule has 4 N–H and O–H groups in total. The first-order valence-electron chi connectivity index (χ1n) is 10.3. The van der Waals surface area contributed by atoms with Crippen LogP contribution in [0.1, 0.15) is 28.9 Å². The van der Waals surface area contributed by atoms with Crippen molar-refractivity contribution >= 4 is 5.91 Å². The molecule has 152 valence electrons. The van der Waals surface area contributed by atoms with Crippen molar-refractivity contribution in [2.75, 3.05) is 26.4 Å². The molecule has 0 radical (unpaired) electrons. The number of quaternary nitrogens is 1. The molecule has 1 aromatic carbocycles. The van der Waals surface area contributed by atoms with E-state index in [0.29, 0.717) is 18.1 Å². The van der Waals surface area contributed by atoms with E-state index in [4.69, 9.17) is 14.5 Å². The number of rotatable bonds is 2. The number of aromatic amines is 1. The Hall–Kier alpha value is -3.39.